The van der Waals surface area contributed by atoms with Crippen molar-refractivity contribution in [3.63, 3.8) is 0 Å². The fraction of sp³-hybridized carbons (Fsp3) is 0.0714. The molecule has 4 nitrogen and oxygen atoms in total. The number of rotatable bonds is 4. The Morgan fingerprint density at radius 1 is 1.29 bits per heavy atom. The molecule has 21 heavy (non-hydrogen) atoms. The lowest BCUT2D eigenvalue weighted by Gasteiger charge is -2.11. The molecule has 0 heterocycles. The quantitative estimate of drug-likeness (QED) is 0.812. The average molecular weight is 346 g/mol. The highest BCUT2D eigenvalue weighted by Crippen LogP contribution is 2.39. The van der Waals surface area contributed by atoms with Crippen LogP contribution in [0.1, 0.15) is 10.4 Å². The second kappa shape index (κ2) is 7.45. The smallest absolute Gasteiger partial charge is 0.336 e. The molecule has 7 heteroatoms. The first-order chi connectivity index (χ1) is 9.52. The van der Waals surface area contributed by atoms with Crippen LogP contribution in [0, 0.1) is 0 Å². The summed E-state index contributed by atoms with van der Waals surface area (Å²) < 4.78 is 5.14. The molecule has 0 amide bonds. The average Bonchev–Trinajstić information content (AvgIpc) is 2.42. The van der Waals surface area contributed by atoms with Gasteiger partial charge in [0.15, 0.2) is 0 Å². The Morgan fingerprint density at radius 2 is 1.95 bits per heavy atom. The lowest BCUT2D eigenvalue weighted by atomic mass is 10.2. The lowest BCUT2D eigenvalue weighted by molar-refractivity contribution is 0.0693. The molecular formula is C14H13Cl2NO3S. The number of carbonyl (C=O) groups is 1. The number of benzene rings is 2. The second-order valence-electron chi connectivity index (χ2n) is 3.93. The molecule has 0 aromatic heterocycles. The number of aromatic carboxylic acids is 1. The monoisotopic (exact) mass is 345 g/mol. The third kappa shape index (κ3) is 3.97. The summed E-state index contributed by atoms with van der Waals surface area (Å²) in [4.78, 5) is 12.5. The predicted molar refractivity (Wildman–Crippen MR) is 87.2 cm³/mol. The number of nitrogens with two attached hydrogens (primary N) is 1. The summed E-state index contributed by atoms with van der Waals surface area (Å²) in [6.07, 6.45) is 0. The van der Waals surface area contributed by atoms with Gasteiger partial charge in [-0.3, -0.25) is 0 Å². The zero-order valence-electron chi connectivity index (χ0n) is 11.0. The van der Waals surface area contributed by atoms with Gasteiger partial charge < -0.3 is 15.6 Å². The molecule has 3 N–H and O–H groups in total. The Morgan fingerprint density at radius 3 is 2.57 bits per heavy atom. The van der Waals surface area contributed by atoms with Gasteiger partial charge in [0, 0.05) is 15.5 Å². The van der Waals surface area contributed by atoms with Crippen LogP contribution in [-0.2, 0) is 0 Å². The van der Waals surface area contributed by atoms with Crippen molar-refractivity contribution in [1.82, 2.24) is 0 Å². The van der Waals surface area contributed by atoms with E-state index in [9.17, 15) is 4.79 Å². The van der Waals surface area contributed by atoms with Crippen LogP contribution in [0.25, 0.3) is 0 Å². The molecule has 0 spiro atoms. The number of nitrogen functional groups attached to an aromatic ring is 1. The molecule has 0 aliphatic heterocycles. The Labute approximate surface area is 137 Å². The SMILES string of the molecule is COc1cc(Sc2ccccc2C(=O)O)c(N)cc1Cl.Cl. The molecule has 0 aliphatic carbocycles. The Hall–Kier alpha value is -1.56. The first kappa shape index (κ1) is 17.5. The summed E-state index contributed by atoms with van der Waals surface area (Å²) >= 11 is 7.24. The van der Waals surface area contributed by atoms with Gasteiger partial charge in [-0.15, -0.1) is 12.4 Å². The van der Waals surface area contributed by atoms with Crippen LogP contribution in [0.3, 0.4) is 0 Å². The second-order valence-corrected chi connectivity index (χ2v) is 5.42. The topological polar surface area (TPSA) is 72.5 Å². The van der Waals surface area contributed by atoms with Crippen molar-refractivity contribution in [2.45, 2.75) is 9.79 Å². The van der Waals surface area contributed by atoms with Crippen molar-refractivity contribution in [2.75, 3.05) is 12.8 Å². The highest BCUT2D eigenvalue weighted by atomic mass is 35.5. The Kier molecular flexibility index (Phi) is 6.20. The van der Waals surface area contributed by atoms with E-state index in [1.807, 2.05) is 0 Å². The van der Waals surface area contributed by atoms with Crippen LogP contribution in [0.15, 0.2) is 46.2 Å². The minimum absolute atomic E-state index is 0. The van der Waals surface area contributed by atoms with Gasteiger partial charge in [0.2, 0.25) is 0 Å². The molecule has 112 valence electrons. The summed E-state index contributed by atoms with van der Waals surface area (Å²) in [6, 6.07) is 10.0. The zero-order chi connectivity index (χ0) is 14.7. The third-order valence-electron chi connectivity index (χ3n) is 2.62. The van der Waals surface area contributed by atoms with Crippen molar-refractivity contribution < 1.29 is 14.6 Å². The molecule has 2 aromatic rings. The maximum absolute atomic E-state index is 11.2. The van der Waals surface area contributed by atoms with Crippen molar-refractivity contribution in [3.8, 4) is 5.75 Å². The van der Waals surface area contributed by atoms with Gasteiger partial charge in [0.25, 0.3) is 0 Å². The Bertz CT molecular complexity index is 665. The molecule has 0 radical (unpaired) electrons. The van der Waals surface area contributed by atoms with Crippen LogP contribution < -0.4 is 10.5 Å². The van der Waals surface area contributed by atoms with Crippen LogP contribution >= 0.6 is 35.8 Å². The largest absolute Gasteiger partial charge is 0.495 e. The maximum Gasteiger partial charge on any atom is 0.336 e. The van der Waals surface area contributed by atoms with Gasteiger partial charge in [0.1, 0.15) is 5.75 Å². The van der Waals surface area contributed by atoms with E-state index in [1.165, 1.54) is 18.9 Å². The fourth-order valence-corrected chi connectivity index (χ4v) is 2.89. The normalized spacial score (nSPS) is 9.81. The highest BCUT2D eigenvalue weighted by Gasteiger charge is 2.13. The van der Waals surface area contributed by atoms with Crippen molar-refractivity contribution >= 4 is 47.4 Å². The lowest BCUT2D eigenvalue weighted by Crippen LogP contribution is -1.98. The van der Waals surface area contributed by atoms with Gasteiger partial charge >= 0.3 is 5.97 Å². The summed E-state index contributed by atoms with van der Waals surface area (Å²) in [7, 11) is 1.51. The number of halogens is 2. The summed E-state index contributed by atoms with van der Waals surface area (Å²) in [5, 5.41) is 9.58. The van der Waals surface area contributed by atoms with Crippen LogP contribution in [0.4, 0.5) is 5.69 Å². The summed E-state index contributed by atoms with van der Waals surface area (Å²) in [5.41, 5.74) is 6.61. The van der Waals surface area contributed by atoms with Crippen LogP contribution in [0.5, 0.6) is 5.75 Å². The number of hydrogen-bond acceptors (Lipinski definition) is 4. The predicted octanol–water partition coefficient (Wildman–Crippen LogP) is 4.20. The molecule has 0 aliphatic rings. The van der Waals surface area contributed by atoms with E-state index in [0.29, 0.717) is 26.3 Å². The standard InChI is InChI=1S/C14H12ClNO3S.ClH/c1-19-11-7-13(10(16)6-9(11)15)20-12-5-3-2-4-8(12)14(17)18;/h2-7H,16H2,1H3,(H,17,18);1H. The maximum atomic E-state index is 11.2. The molecule has 0 fully saturated rings. The number of carboxylic acid groups (broad SMARTS) is 1. The van der Waals surface area contributed by atoms with Gasteiger partial charge in [0.05, 0.1) is 17.7 Å². The number of hydrogen-bond donors (Lipinski definition) is 2. The first-order valence-electron chi connectivity index (χ1n) is 5.66. The van der Waals surface area contributed by atoms with Gasteiger partial charge in [-0.25, -0.2) is 4.79 Å². The van der Waals surface area contributed by atoms with Gasteiger partial charge in [-0.05, 0) is 24.3 Å². The molecule has 0 saturated heterocycles. The minimum Gasteiger partial charge on any atom is -0.495 e. The summed E-state index contributed by atoms with van der Waals surface area (Å²) in [6.45, 7) is 0. The van der Waals surface area contributed by atoms with Gasteiger partial charge in [-0.1, -0.05) is 35.5 Å². The fourth-order valence-electron chi connectivity index (χ4n) is 1.65. The molecule has 0 atom stereocenters. The zero-order valence-corrected chi connectivity index (χ0v) is 13.4. The van der Waals surface area contributed by atoms with E-state index in [4.69, 9.17) is 27.2 Å². The van der Waals surface area contributed by atoms with Crippen molar-refractivity contribution in [3.05, 3.63) is 47.0 Å². The number of carboxylic acids is 1. The molecule has 2 aromatic carbocycles. The van der Waals surface area contributed by atoms with E-state index in [-0.39, 0.29) is 18.0 Å². The van der Waals surface area contributed by atoms with Gasteiger partial charge in [-0.2, -0.15) is 0 Å². The highest BCUT2D eigenvalue weighted by molar-refractivity contribution is 7.99. The van der Waals surface area contributed by atoms with E-state index < -0.39 is 5.97 Å². The van der Waals surface area contributed by atoms with E-state index in [1.54, 1.807) is 36.4 Å². The molecule has 0 saturated carbocycles. The molecule has 0 unspecified atom stereocenters. The Balaban J connectivity index is 0.00000220. The first-order valence-corrected chi connectivity index (χ1v) is 6.85. The van der Waals surface area contributed by atoms with E-state index in [2.05, 4.69) is 0 Å². The van der Waals surface area contributed by atoms with Crippen LogP contribution in [0.2, 0.25) is 5.02 Å². The van der Waals surface area contributed by atoms with E-state index >= 15 is 0 Å². The van der Waals surface area contributed by atoms with E-state index in [0.717, 1.165) is 0 Å². The molecule has 0 bridgehead atoms. The van der Waals surface area contributed by atoms with Crippen molar-refractivity contribution in [1.29, 1.82) is 0 Å². The number of anilines is 1. The number of methoxy groups -OCH3 is 1. The summed E-state index contributed by atoms with van der Waals surface area (Å²) in [5.74, 6) is -0.483. The molecule has 2 rings (SSSR count). The molecular weight excluding hydrogens is 333 g/mol. The van der Waals surface area contributed by atoms with Crippen molar-refractivity contribution in [2.24, 2.45) is 0 Å². The number of ether oxygens (including phenoxy) is 1. The van der Waals surface area contributed by atoms with Crippen LogP contribution in [-0.4, -0.2) is 18.2 Å². The minimum atomic E-state index is -0.979. The third-order valence-corrected chi connectivity index (χ3v) is 4.07.